The van der Waals surface area contributed by atoms with E-state index in [2.05, 4.69) is 5.32 Å². The van der Waals surface area contributed by atoms with E-state index in [-0.39, 0.29) is 46.9 Å². The van der Waals surface area contributed by atoms with Crippen LogP contribution in [0, 0.1) is 5.82 Å². The largest absolute Gasteiger partial charge is 0.493 e. The minimum atomic E-state index is -4.65. The highest BCUT2D eigenvalue weighted by Gasteiger charge is 2.51. The number of carbonyl (C=O) groups excluding carboxylic acids is 3. The third kappa shape index (κ3) is 6.13. The Morgan fingerprint density at radius 2 is 1.82 bits per heavy atom. The van der Waals surface area contributed by atoms with Gasteiger partial charge in [-0.3, -0.25) is 14.4 Å². The molecule has 3 N–H and O–H groups in total. The number of halogens is 4. The Kier molecular flexibility index (Phi) is 8.94. The molecule has 9 nitrogen and oxygen atoms in total. The van der Waals surface area contributed by atoms with E-state index in [1.807, 2.05) is 0 Å². The zero-order valence-electron chi connectivity index (χ0n) is 23.8. The van der Waals surface area contributed by atoms with Gasteiger partial charge in [-0.05, 0) is 48.5 Å². The predicted octanol–water partition coefficient (Wildman–Crippen LogP) is 3.63. The SMILES string of the molecule is COc1cc(C=O)cc2c1O[C@@H]1[C@@H](O)[C@H](N(Cc3ccccc3F)C(=O)c3ccc(C(F)(F)F)cc3)C=C(C(=O)NCCO)[C@H]21. The maximum atomic E-state index is 14.9. The van der Waals surface area contributed by atoms with Crippen LogP contribution in [0.2, 0.25) is 0 Å². The molecule has 1 aliphatic carbocycles. The first kappa shape index (κ1) is 31.7. The summed E-state index contributed by atoms with van der Waals surface area (Å²) in [6.07, 6.45) is -5.51. The zero-order valence-corrected chi connectivity index (χ0v) is 23.8. The number of ether oxygens (including phenoxy) is 2. The molecule has 1 heterocycles. The Morgan fingerprint density at radius 3 is 2.44 bits per heavy atom. The number of methoxy groups -OCH3 is 1. The first-order chi connectivity index (χ1) is 21.5. The number of nitrogens with one attached hydrogen (secondary N) is 1. The summed E-state index contributed by atoms with van der Waals surface area (Å²) >= 11 is 0. The number of aliphatic hydroxyl groups excluding tert-OH is 2. The van der Waals surface area contributed by atoms with E-state index in [0.717, 1.165) is 29.2 Å². The molecule has 4 atom stereocenters. The lowest BCUT2D eigenvalue weighted by Gasteiger charge is -2.40. The fraction of sp³-hybridized carbons (Fsp3) is 0.281. The molecule has 0 saturated heterocycles. The number of hydrogen-bond donors (Lipinski definition) is 3. The second-order valence-corrected chi connectivity index (χ2v) is 10.5. The quantitative estimate of drug-likeness (QED) is 0.244. The van der Waals surface area contributed by atoms with Crippen LogP contribution in [0.25, 0.3) is 0 Å². The maximum Gasteiger partial charge on any atom is 0.416 e. The molecule has 2 aliphatic rings. The molecule has 0 spiro atoms. The van der Waals surface area contributed by atoms with Crippen molar-refractivity contribution in [2.24, 2.45) is 0 Å². The number of fused-ring (bicyclic) bond motifs is 3. The molecule has 0 bridgehead atoms. The van der Waals surface area contributed by atoms with Crippen molar-refractivity contribution in [3.63, 3.8) is 0 Å². The molecule has 45 heavy (non-hydrogen) atoms. The molecule has 0 aromatic heterocycles. The van der Waals surface area contributed by atoms with Gasteiger partial charge in [-0.15, -0.1) is 0 Å². The molecule has 13 heteroatoms. The van der Waals surface area contributed by atoms with E-state index < -0.39 is 60.1 Å². The van der Waals surface area contributed by atoms with Crippen LogP contribution in [-0.2, 0) is 17.5 Å². The summed E-state index contributed by atoms with van der Waals surface area (Å²) in [4.78, 5) is 40.2. The molecule has 5 rings (SSSR count). The van der Waals surface area contributed by atoms with Crippen molar-refractivity contribution >= 4 is 18.1 Å². The number of aldehydes is 1. The van der Waals surface area contributed by atoms with Gasteiger partial charge in [0, 0.05) is 40.9 Å². The molecular weight excluding hydrogens is 600 g/mol. The van der Waals surface area contributed by atoms with Gasteiger partial charge in [0.1, 0.15) is 24.3 Å². The summed E-state index contributed by atoms with van der Waals surface area (Å²) in [5, 5.41) is 23.6. The van der Waals surface area contributed by atoms with Gasteiger partial charge in [0.15, 0.2) is 11.5 Å². The van der Waals surface area contributed by atoms with E-state index in [9.17, 15) is 42.2 Å². The van der Waals surface area contributed by atoms with Gasteiger partial charge in [-0.1, -0.05) is 18.2 Å². The van der Waals surface area contributed by atoms with Crippen LogP contribution in [0.3, 0.4) is 0 Å². The number of aliphatic hydroxyl groups is 2. The predicted molar refractivity (Wildman–Crippen MR) is 151 cm³/mol. The van der Waals surface area contributed by atoms with Crippen molar-refractivity contribution in [3.05, 3.63) is 106 Å². The Morgan fingerprint density at radius 1 is 1.11 bits per heavy atom. The maximum absolute atomic E-state index is 14.9. The van der Waals surface area contributed by atoms with E-state index in [1.165, 1.54) is 49.6 Å². The van der Waals surface area contributed by atoms with Crippen molar-refractivity contribution in [2.75, 3.05) is 20.3 Å². The zero-order chi connectivity index (χ0) is 32.5. The highest BCUT2D eigenvalue weighted by molar-refractivity contribution is 5.98. The topological polar surface area (TPSA) is 125 Å². The van der Waals surface area contributed by atoms with Crippen LogP contribution < -0.4 is 14.8 Å². The van der Waals surface area contributed by atoms with Crippen molar-refractivity contribution < 1.29 is 51.6 Å². The van der Waals surface area contributed by atoms with Crippen LogP contribution in [-0.4, -0.2) is 71.7 Å². The summed E-state index contributed by atoms with van der Waals surface area (Å²) in [5.41, 5.74) is -0.532. The Bertz CT molecular complexity index is 1640. The van der Waals surface area contributed by atoms with E-state index in [1.54, 1.807) is 0 Å². The van der Waals surface area contributed by atoms with E-state index in [0.29, 0.717) is 11.8 Å². The molecular formula is C32H28F4N2O7. The molecule has 3 aromatic carbocycles. The standard InChI is InChI=1S/C32H28F4N2O7/c1-44-25-13-17(16-40)12-21-26-22(30(42)37-10-11-39)14-24(27(41)29(26)45-28(21)25)38(15-19-4-2-3-5-23(19)33)31(43)18-6-8-20(9-7-18)32(34,35)36/h2-9,12-14,16,24,26-27,29,39,41H,10-11,15H2,1H3,(H,37,42)/t24-,26+,27+,29+/m1/s1. The number of nitrogens with zero attached hydrogens (tertiary/aromatic N) is 1. The number of hydrogen-bond acceptors (Lipinski definition) is 7. The molecule has 3 aromatic rings. The average molecular weight is 629 g/mol. The van der Waals surface area contributed by atoms with Crippen molar-refractivity contribution in [1.82, 2.24) is 10.2 Å². The van der Waals surface area contributed by atoms with Gasteiger partial charge in [0.2, 0.25) is 5.91 Å². The Balaban J connectivity index is 1.64. The number of carbonyl (C=O) groups is 3. The van der Waals surface area contributed by atoms with Gasteiger partial charge in [0.25, 0.3) is 5.91 Å². The summed E-state index contributed by atoms with van der Waals surface area (Å²) < 4.78 is 66.1. The first-order valence-corrected chi connectivity index (χ1v) is 13.8. The Hall–Kier alpha value is -4.75. The van der Waals surface area contributed by atoms with Crippen molar-refractivity contribution in [2.45, 2.75) is 36.9 Å². The summed E-state index contributed by atoms with van der Waals surface area (Å²) in [7, 11) is 1.35. The third-order valence-electron chi connectivity index (χ3n) is 7.79. The Labute approximate surface area is 254 Å². The van der Waals surface area contributed by atoms with Crippen LogP contribution in [0.5, 0.6) is 11.5 Å². The van der Waals surface area contributed by atoms with Crippen LogP contribution >= 0.6 is 0 Å². The molecule has 236 valence electrons. The van der Waals surface area contributed by atoms with E-state index in [4.69, 9.17) is 9.47 Å². The molecule has 0 radical (unpaired) electrons. The molecule has 2 amide bonds. The average Bonchev–Trinajstić information content (AvgIpc) is 3.42. The van der Waals surface area contributed by atoms with E-state index >= 15 is 0 Å². The fourth-order valence-corrected chi connectivity index (χ4v) is 5.65. The summed E-state index contributed by atoms with van der Waals surface area (Å²) in [6, 6.07) is 10.5. The highest BCUT2D eigenvalue weighted by atomic mass is 19.4. The molecule has 0 fully saturated rings. The monoisotopic (exact) mass is 628 g/mol. The minimum Gasteiger partial charge on any atom is -0.493 e. The second kappa shape index (κ2) is 12.7. The normalized spacial score (nSPS) is 20.3. The molecule has 0 saturated carbocycles. The van der Waals surface area contributed by atoms with Crippen molar-refractivity contribution in [3.8, 4) is 11.5 Å². The van der Waals surface area contributed by atoms with Gasteiger partial charge in [-0.2, -0.15) is 13.2 Å². The minimum absolute atomic E-state index is 0.0198. The van der Waals surface area contributed by atoms with Crippen LogP contribution in [0.15, 0.2) is 72.3 Å². The molecule has 0 unspecified atom stereocenters. The lowest BCUT2D eigenvalue weighted by molar-refractivity contribution is -0.137. The smallest absolute Gasteiger partial charge is 0.416 e. The van der Waals surface area contributed by atoms with Gasteiger partial charge in [-0.25, -0.2) is 4.39 Å². The lowest BCUT2D eigenvalue weighted by atomic mass is 9.77. The second-order valence-electron chi connectivity index (χ2n) is 10.5. The number of alkyl halides is 3. The number of rotatable bonds is 9. The summed E-state index contributed by atoms with van der Waals surface area (Å²) in [6.45, 7) is -0.948. The summed E-state index contributed by atoms with van der Waals surface area (Å²) in [5.74, 6) is -2.82. The van der Waals surface area contributed by atoms with Crippen LogP contribution in [0.4, 0.5) is 17.6 Å². The fourth-order valence-electron chi connectivity index (χ4n) is 5.65. The van der Waals surface area contributed by atoms with Crippen LogP contribution in [0.1, 0.15) is 43.3 Å². The first-order valence-electron chi connectivity index (χ1n) is 13.8. The van der Waals surface area contributed by atoms with Gasteiger partial charge in [0.05, 0.1) is 31.2 Å². The van der Waals surface area contributed by atoms with Gasteiger partial charge >= 0.3 is 6.18 Å². The number of benzene rings is 3. The molecule has 1 aliphatic heterocycles. The van der Waals surface area contributed by atoms with Crippen molar-refractivity contribution in [1.29, 1.82) is 0 Å². The van der Waals surface area contributed by atoms with Gasteiger partial charge < -0.3 is 29.9 Å². The highest BCUT2D eigenvalue weighted by Crippen LogP contribution is 2.51. The lowest BCUT2D eigenvalue weighted by Crippen LogP contribution is -2.55. The number of amides is 2. The third-order valence-corrected chi connectivity index (χ3v) is 7.79.